The van der Waals surface area contributed by atoms with Crippen LogP contribution in [0.15, 0.2) is 18.3 Å². The molecule has 0 aromatic carbocycles. The molecule has 0 radical (unpaired) electrons. The van der Waals surface area contributed by atoms with E-state index < -0.39 is 0 Å². The van der Waals surface area contributed by atoms with Crippen molar-refractivity contribution in [3.8, 4) is 0 Å². The molecular weight excluding hydrogens is 272 g/mol. The molecule has 0 aliphatic rings. The first-order valence-electron chi connectivity index (χ1n) is 5.44. The van der Waals surface area contributed by atoms with Gasteiger partial charge in [-0.15, -0.1) is 10.2 Å². The first kappa shape index (κ1) is 12.9. The molecule has 0 aliphatic heterocycles. The Labute approximate surface area is 113 Å². The van der Waals surface area contributed by atoms with Crippen molar-refractivity contribution in [3.63, 3.8) is 0 Å². The summed E-state index contributed by atoms with van der Waals surface area (Å²) in [5.41, 5.74) is 0.447. The summed E-state index contributed by atoms with van der Waals surface area (Å²) in [6.07, 6.45) is 3.36. The SMILES string of the molecule is CCCc1nnc(NC(=O)c2ccnc(Cl)c2)s1. The van der Waals surface area contributed by atoms with Gasteiger partial charge in [-0.1, -0.05) is 29.9 Å². The van der Waals surface area contributed by atoms with Crippen LogP contribution >= 0.6 is 22.9 Å². The fourth-order valence-corrected chi connectivity index (χ4v) is 2.34. The molecule has 5 nitrogen and oxygen atoms in total. The first-order valence-corrected chi connectivity index (χ1v) is 6.63. The number of carbonyl (C=O) groups excluding carboxylic acids is 1. The van der Waals surface area contributed by atoms with E-state index in [1.165, 1.54) is 23.6 Å². The summed E-state index contributed by atoms with van der Waals surface area (Å²) >= 11 is 7.10. The number of halogens is 1. The van der Waals surface area contributed by atoms with Crippen molar-refractivity contribution in [2.45, 2.75) is 19.8 Å². The number of anilines is 1. The molecule has 94 valence electrons. The maximum absolute atomic E-state index is 11.9. The zero-order valence-corrected chi connectivity index (χ0v) is 11.3. The standard InChI is InChI=1S/C11H11ClN4OS/c1-2-3-9-15-16-11(18-9)14-10(17)7-4-5-13-8(12)6-7/h4-6H,2-3H2,1H3,(H,14,16,17). The molecule has 2 aromatic heterocycles. The summed E-state index contributed by atoms with van der Waals surface area (Å²) in [6.45, 7) is 2.07. The molecule has 0 fully saturated rings. The van der Waals surface area contributed by atoms with Crippen molar-refractivity contribution < 1.29 is 4.79 Å². The molecule has 2 heterocycles. The van der Waals surface area contributed by atoms with Crippen molar-refractivity contribution >= 4 is 34.0 Å². The fraction of sp³-hybridized carbons (Fsp3) is 0.273. The molecule has 0 bridgehead atoms. The van der Waals surface area contributed by atoms with Gasteiger partial charge in [-0.2, -0.15) is 0 Å². The second-order valence-corrected chi connectivity index (χ2v) is 5.02. The molecule has 7 heteroatoms. The van der Waals surface area contributed by atoms with Gasteiger partial charge in [-0.25, -0.2) is 4.98 Å². The van der Waals surface area contributed by atoms with Crippen LogP contribution in [0, 0.1) is 0 Å². The summed E-state index contributed by atoms with van der Waals surface area (Å²) in [6, 6.07) is 3.10. The van der Waals surface area contributed by atoms with Crippen LogP contribution in [0.4, 0.5) is 5.13 Å². The minimum absolute atomic E-state index is 0.265. The van der Waals surface area contributed by atoms with Gasteiger partial charge in [0.1, 0.15) is 10.2 Å². The topological polar surface area (TPSA) is 67.8 Å². The van der Waals surface area contributed by atoms with Crippen molar-refractivity contribution in [2.24, 2.45) is 0 Å². The van der Waals surface area contributed by atoms with Gasteiger partial charge in [0.15, 0.2) is 0 Å². The molecule has 0 saturated carbocycles. The Hall–Kier alpha value is -1.53. The van der Waals surface area contributed by atoms with E-state index in [1.807, 2.05) is 0 Å². The zero-order chi connectivity index (χ0) is 13.0. The van der Waals surface area contributed by atoms with Gasteiger partial charge in [0.2, 0.25) is 5.13 Å². The van der Waals surface area contributed by atoms with E-state index in [2.05, 4.69) is 27.4 Å². The van der Waals surface area contributed by atoms with E-state index in [1.54, 1.807) is 6.07 Å². The highest BCUT2D eigenvalue weighted by Gasteiger charge is 2.10. The monoisotopic (exact) mass is 282 g/mol. The Morgan fingerprint density at radius 1 is 1.50 bits per heavy atom. The number of aryl methyl sites for hydroxylation is 1. The lowest BCUT2D eigenvalue weighted by Gasteiger charge is -2.00. The molecule has 0 atom stereocenters. The molecule has 0 aliphatic carbocycles. The number of amides is 1. The maximum Gasteiger partial charge on any atom is 0.257 e. The highest BCUT2D eigenvalue weighted by molar-refractivity contribution is 7.15. The van der Waals surface area contributed by atoms with Crippen molar-refractivity contribution in [1.82, 2.24) is 15.2 Å². The molecule has 1 N–H and O–H groups in total. The van der Waals surface area contributed by atoms with Crippen molar-refractivity contribution in [2.75, 3.05) is 5.32 Å². The quantitative estimate of drug-likeness (QED) is 0.876. The molecule has 0 saturated heterocycles. The second-order valence-electron chi connectivity index (χ2n) is 3.57. The van der Waals surface area contributed by atoms with Crippen LogP contribution in [-0.2, 0) is 6.42 Å². The van der Waals surface area contributed by atoms with Gasteiger partial charge in [-0.05, 0) is 18.6 Å². The van der Waals surface area contributed by atoms with Crippen LogP contribution in [-0.4, -0.2) is 21.1 Å². The molecule has 2 rings (SSSR count). The van der Waals surface area contributed by atoms with E-state index in [4.69, 9.17) is 11.6 Å². The molecule has 0 spiro atoms. The van der Waals surface area contributed by atoms with Gasteiger partial charge in [0, 0.05) is 18.2 Å². The number of hydrogen-bond acceptors (Lipinski definition) is 5. The largest absolute Gasteiger partial charge is 0.296 e. The number of hydrogen-bond donors (Lipinski definition) is 1. The summed E-state index contributed by atoms with van der Waals surface area (Å²) in [4.78, 5) is 15.7. The molecule has 1 amide bonds. The Kier molecular flexibility index (Phi) is 4.22. The minimum Gasteiger partial charge on any atom is -0.296 e. The normalized spacial score (nSPS) is 10.3. The third kappa shape index (κ3) is 3.24. The molecule has 18 heavy (non-hydrogen) atoms. The second kappa shape index (κ2) is 5.88. The molecular formula is C11H11ClN4OS. The maximum atomic E-state index is 11.9. The van der Waals surface area contributed by atoms with Gasteiger partial charge in [-0.3, -0.25) is 10.1 Å². The lowest BCUT2D eigenvalue weighted by Crippen LogP contribution is -2.11. The number of nitrogens with one attached hydrogen (secondary N) is 1. The Morgan fingerprint density at radius 2 is 2.33 bits per heavy atom. The van der Waals surface area contributed by atoms with E-state index in [0.29, 0.717) is 10.7 Å². The summed E-state index contributed by atoms with van der Waals surface area (Å²) in [7, 11) is 0. The highest BCUT2D eigenvalue weighted by atomic mass is 35.5. The Balaban J connectivity index is 2.06. The predicted octanol–water partition coefficient (Wildman–Crippen LogP) is 2.79. The average molecular weight is 283 g/mol. The summed E-state index contributed by atoms with van der Waals surface area (Å²) in [5.74, 6) is -0.265. The van der Waals surface area contributed by atoms with Crippen LogP contribution < -0.4 is 5.32 Å². The van der Waals surface area contributed by atoms with Gasteiger partial charge >= 0.3 is 0 Å². The van der Waals surface area contributed by atoms with E-state index >= 15 is 0 Å². The third-order valence-corrected chi connectivity index (χ3v) is 3.25. The van der Waals surface area contributed by atoms with E-state index in [0.717, 1.165) is 17.8 Å². The zero-order valence-electron chi connectivity index (χ0n) is 9.68. The van der Waals surface area contributed by atoms with E-state index in [-0.39, 0.29) is 11.1 Å². The number of rotatable bonds is 4. The predicted molar refractivity (Wildman–Crippen MR) is 71.1 cm³/mol. The van der Waals surface area contributed by atoms with Crippen LogP contribution in [0.3, 0.4) is 0 Å². The lowest BCUT2D eigenvalue weighted by molar-refractivity contribution is 0.102. The highest BCUT2D eigenvalue weighted by Crippen LogP contribution is 2.17. The number of carbonyl (C=O) groups is 1. The van der Waals surface area contributed by atoms with Crippen molar-refractivity contribution in [3.05, 3.63) is 34.1 Å². The lowest BCUT2D eigenvalue weighted by atomic mass is 10.2. The van der Waals surface area contributed by atoms with Gasteiger partial charge in [0.25, 0.3) is 5.91 Å². The number of nitrogens with zero attached hydrogens (tertiary/aromatic N) is 3. The van der Waals surface area contributed by atoms with E-state index in [9.17, 15) is 4.79 Å². The molecule has 0 unspecified atom stereocenters. The van der Waals surface area contributed by atoms with Gasteiger partial charge in [0.05, 0.1) is 0 Å². The van der Waals surface area contributed by atoms with Gasteiger partial charge < -0.3 is 0 Å². The van der Waals surface area contributed by atoms with Crippen LogP contribution in [0.25, 0.3) is 0 Å². The summed E-state index contributed by atoms with van der Waals surface area (Å²) in [5, 5.41) is 12.3. The number of pyridine rings is 1. The minimum atomic E-state index is -0.265. The first-order chi connectivity index (χ1) is 8.69. The Bertz CT molecular complexity index is 557. The van der Waals surface area contributed by atoms with Crippen molar-refractivity contribution in [1.29, 1.82) is 0 Å². The molecule has 2 aromatic rings. The van der Waals surface area contributed by atoms with Crippen LogP contribution in [0.1, 0.15) is 28.7 Å². The Morgan fingerprint density at radius 3 is 3.06 bits per heavy atom. The fourth-order valence-electron chi connectivity index (χ4n) is 1.33. The number of aromatic nitrogens is 3. The van der Waals surface area contributed by atoms with Crippen LogP contribution in [0.5, 0.6) is 0 Å². The average Bonchev–Trinajstić information content (AvgIpc) is 2.77. The van der Waals surface area contributed by atoms with Crippen LogP contribution in [0.2, 0.25) is 5.15 Å². The summed E-state index contributed by atoms with van der Waals surface area (Å²) < 4.78 is 0. The smallest absolute Gasteiger partial charge is 0.257 e. The third-order valence-electron chi connectivity index (χ3n) is 2.14.